The zero-order chi connectivity index (χ0) is 17.8. The van der Waals surface area contributed by atoms with Crippen LogP contribution in [0.15, 0.2) is 53.0 Å². The first-order chi connectivity index (χ1) is 12.0. The van der Waals surface area contributed by atoms with Gasteiger partial charge in [-0.15, -0.1) is 0 Å². The highest BCUT2D eigenvalue weighted by Gasteiger charge is 2.26. The van der Waals surface area contributed by atoms with Gasteiger partial charge in [0.05, 0.1) is 5.56 Å². The number of nitrogens with zero attached hydrogens (tertiary/aromatic N) is 1. The number of hydrogen-bond acceptors (Lipinski definition) is 2. The first kappa shape index (κ1) is 17.6. The van der Waals surface area contributed by atoms with E-state index in [1.165, 1.54) is 12.1 Å². The van der Waals surface area contributed by atoms with E-state index in [0.717, 1.165) is 4.47 Å². The van der Waals surface area contributed by atoms with E-state index in [4.69, 9.17) is 0 Å². The first-order valence-corrected chi connectivity index (χ1v) is 8.94. The fraction of sp³-hybridized carbons (Fsp3) is 0.263. The third kappa shape index (κ3) is 4.25. The minimum Gasteiger partial charge on any atom is -0.349 e. The lowest BCUT2D eigenvalue weighted by atomic mass is 10.0. The molecule has 0 spiro atoms. The molecule has 0 bridgehead atoms. The fourth-order valence-electron chi connectivity index (χ4n) is 2.90. The number of carbonyl (C=O) groups is 2. The van der Waals surface area contributed by atoms with E-state index < -0.39 is 5.82 Å². The van der Waals surface area contributed by atoms with Crippen molar-refractivity contribution in [2.24, 2.45) is 0 Å². The number of hydrogen-bond donors (Lipinski definition) is 1. The van der Waals surface area contributed by atoms with Gasteiger partial charge in [0.15, 0.2) is 0 Å². The second-order valence-electron chi connectivity index (χ2n) is 6.03. The fourth-order valence-corrected chi connectivity index (χ4v) is 3.17. The highest BCUT2D eigenvalue weighted by atomic mass is 79.9. The average Bonchev–Trinajstić information content (AvgIpc) is 2.63. The Morgan fingerprint density at radius 2 is 1.68 bits per heavy atom. The minimum absolute atomic E-state index is 0.0146. The van der Waals surface area contributed by atoms with Gasteiger partial charge in [-0.05, 0) is 49.2 Å². The largest absolute Gasteiger partial charge is 0.349 e. The Bertz CT molecular complexity index is 771. The molecule has 0 aliphatic carbocycles. The normalized spacial score (nSPS) is 15.0. The van der Waals surface area contributed by atoms with Crippen molar-refractivity contribution in [2.45, 2.75) is 18.9 Å². The number of halogens is 2. The topological polar surface area (TPSA) is 49.4 Å². The zero-order valence-electron chi connectivity index (χ0n) is 13.5. The smallest absolute Gasteiger partial charge is 0.256 e. The molecule has 6 heteroatoms. The molecule has 25 heavy (non-hydrogen) atoms. The highest BCUT2D eigenvalue weighted by molar-refractivity contribution is 9.10. The summed E-state index contributed by atoms with van der Waals surface area (Å²) in [4.78, 5) is 26.3. The number of likely N-dealkylation sites (tertiary alicyclic amines) is 1. The maximum Gasteiger partial charge on any atom is 0.256 e. The Hall–Kier alpha value is -2.21. The van der Waals surface area contributed by atoms with Crippen molar-refractivity contribution in [3.8, 4) is 0 Å². The Kier molecular flexibility index (Phi) is 5.48. The van der Waals surface area contributed by atoms with E-state index in [2.05, 4.69) is 21.2 Å². The van der Waals surface area contributed by atoms with Crippen LogP contribution >= 0.6 is 15.9 Å². The minimum atomic E-state index is -0.502. The summed E-state index contributed by atoms with van der Waals surface area (Å²) in [7, 11) is 0. The lowest BCUT2D eigenvalue weighted by Crippen LogP contribution is -2.46. The van der Waals surface area contributed by atoms with Crippen LogP contribution in [0.4, 0.5) is 4.39 Å². The number of amides is 2. The highest BCUT2D eigenvalue weighted by Crippen LogP contribution is 2.17. The number of rotatable bonds is 3. The SMILES string of the molecule is O=C(NC1CCN(C(=O)c2ccccc2F)CC1)c1ccc(Br)cc1. The average molecular weight is 405 g/mol. The van der Waals surface area contributed by atoms with Crippen molar-refractivity contribution in [1.29, 1.82) is 0 Å². The van der Waals surface area contributed by atoms with Gasteiger partial charge < -0.3 is 10.2 Å². The number of benzene rings is 2. The van der Waals surface area contributed by atoms with Gasteiger partial charge in [0.2, 0.25) is 0 Å². The molecule has 0 radical (unpaired) electrons. The van der Waals surface area contributed by atoms with Crippen LogP contribution in [0, 0.1) is 5.82 Å². The molecule has 1 N–H and O–H groups in total. The van der Waals surface area contributed by atoms with Crippen molar-refractivity contribution >= 4 is 27.7 Å². The summed E-state index contributed by atoms with van der Waals surface area (Å²) in [6.07, 6.45) is 1.31. The lowest BCUT2D eigenvalue weighted by Gasteiger charge is -2.32. The van der Waals surface area contributed by atoms with Gasteiger partial charge in [0, 0.05) is 29.2 Å². The van der Waals surface area contributed by atoms with E-state index in [1.54, 1.807) is 29.2 Å². The second-order valence-corrected chi connectivity index (χ2v) is 6.94. The van der Waals surface area contributed by atoms with Crippen LogP contribution in [0.3, 0.4) is 0 Å². The van der Waals surface area contributed by atoms with Gasteiger partial charge >= 0.3 is 0 Å². The predicted molar refractivity (Wildman–Crippen MR) is 96.9 cm³/mol. The van der Waals surface area contributed by atoms with Gasteiger partial charge in [-0.1, -0.05) is 28.1 Å². The van der Waals surface area contributed by atoms with Crippen molar-refractivity contribution in [1.82, 2.24) is 10.2 Å². The standard InChI is InChI=1S/C19H18BrFN2O2/c20-14-7-5-13(6-8-14)18(24)22-15-9-11-23(12-10-15)19(25)16-3-1-2-4-17(16)21/h1-8,15H,9-12H2,(H,22,24). The third-order valence-corrected chi connectivity index (χ3v) is 4.86. The second kappa shape index (κ2) is 7.78. The predicted octanol–water partition coefficient (Wildman–Crippen LogP) is 3.62. The summed E-state index contributed by atoms with van der Waals surface area (Å²) >= 11 is 3.34. The molecule has 0 unspecified atom stereocenters. The van der Waals surface area contributed by atoms with Crippen molar-refractivity contribution < 1.29 is 14.0 Å². The Labute approximate surface area is 154 Å². The summed E-state index contributed by atoms with van der Waals surface area (Å²) < 4.78 is 14.7. The Morgan fingerprint density at radius 1 is 1.04 bits per heavy atom. The molecule has 1 saturated heterocycles. The van der Waals surface area contributed by atoms with Gasteiger partial charge in [0.1, 0.15) is 5.82 Å². The number of piperidine rings is 1. The summed E-state index contributed by atoms with van der Waals surface area (Å²) in [6, 6.07) is 13.2. The maximum atomic E-state index is 13.8. The molecular weight excluding hydrogens is 387 g/mol. The van der Waals surface area contributed by atoms with E-state index in [0.29, 0.717) is 31.5 Å². The molecule has 0 aromatic heterocycles. The van der Waals surface area contributed by atoms with E-state index in [1.807, 2.05) is 12.1 Å². The van der Waals surface area contributed by atoms with Crippen molar-refractivity contribution in [2.75, 3.05) is 13.1 Å². The zero-order valence-corrected chi connectivity index (χ0v) is 15.1. The third-order valence-electron chi connectivity index (χ3n) is 4.33. The first-order valence-electron chi connectivity index (χ1n) is 8.15. The van der Waals surface area contributed by atoms with Gasteiger partial charge in [0.25, 0.3) is 11.8 Å². The number of nitrogens with one attached hydrogen (secondary N) is 1. The lowest BCUT2D eigenvalue weighted by molar-refractivity contribution is 0.0693. The molecule has 1 aliphatic rings. The molecular formula is C19H18BrFN2O2. The maximum absolute atomic E-state index is 13.8. The molecule has 1 aliphatic heterocycles. The van der Waals surface area contributed by atoms with Gasteiger partial charge in [-0.3, -0.25) is 9.59 Å². The van der Waals surface area contributed by atoms with E-state index in [9.17, 15) is 14.0 Å². The molecule has 1 fully saturated rings. The molecule has 2 aromatic carbocycles. The van der Waals surface area contributed by atoms with Crippen LogP contribution in [0.25, 0.3) is 0 Å². The summed E-state index contributed by atoms with van der Waals surface area (Å²) in [5.41, 5.74) is 0.702. The van der Waals surface area contributed by atoms with E-state index in [-0.39, 0.29) is 23.4 Å². The van der Waals surface area contributed by atoms with Crippen LogP contribution in [0.2, 0.25) is 0 Å². The molecule has 3 rings (SSSR count). The van der Waals surface area contributed by atoms with Crippen LogP contribution in [0.5, 0.6) is 0 Å². The molecule has 130 valence electrons. The van der Waals surface area contributed by atoms with Crippen molar-refractivity contribution in [3.05, 3.63) is 69.9 Å². The van der Waals surface area contributed by atoms with Crippen molar-refractivity contribution in [3.63, 3.8) is 0 Å². The molecule has 0 atom stereocenters. The van der Waals surface area contributed by atoms with E-state index >= 15 is 0 Å². The summed E-state index contributed by atoms with van der Waals surface area (Å²) in [6.45, 7) is 0.997. The van der Waals surface area contributed by atoms with Gasteiger partial charge in [-0.2, -0.15) is 0 Å². The quantitative estimate of drug-likeness (QED) is 0.848. The molecule has 2 aromatic rings. The van der Waals surface area contributed by atoms with Crippen LogP contribution in [-0.4, -0.2) is 35.8 Å². The molecule has 1 heterocycles. The van der Waals surface area contributed by atoms with Gasteiger partial charge in [-0.25, -0.2) is 4.39 Å². The Balaban J connectivity index is 1.55. The van der Waals surface area contributed by atoms with Crippen LogP contribution in [-0.2, 0) is 0 Å². The Morgan fingerprint density at radius 3 is 2.32 bits per heavy atom. The number of carbonyl (C=O) groups excluding carboxylic acids is 2. The van der Waals surface area contributed by atoms with Crippen LogP contribution < -0.4 is 5.32 Å². The molecule has 4 nitrogen and oxygen atoms in total. The summed E-state index contributed by atoms with van der Waals surface area (Å²) in [5.74, 6) is -0.916. The summed E-state index contributed by atoms with van der Waals surface area (Å²) in [5, 5.41) is 3.00. The molecule has 2 amide bonds. The monoisotopic (exact) mass is 404 g/mol. The molecule has 0 saturated carbocycles. The van der Waals surface area contributed by atoms with Crippen LogP contribution in [0.1, 0.15) is 33.6 Å².